The van der Waals surface area contributed by atoms with Gasteiger partial charge in [0.1, 0.15) is 0 Å². The minimum atomic E-state index is -3.73. The van der Waals surface area contributed by atoms with Crippen molar-refractivity contribution in [2.24, 2.45) is 0 Å². The fourth-order valence-corrected chi connectivity index (χ4v) is 3.00. The van der Waals surface area contributed by atoms with Crippen LogP contribution in [0.1, 0.15) is 27.7 Å². The van der Waals surface area contributed by atoms with Gasteiger partial charge in [0.05, 0.1) is 25.9 Å². The lowest BCUT2D eigenvalue weighted by atomic mass is 10.4. The minimum Gasteiger partial charge on any atom is -0.464 e. The number of carbonyl (C=O) groups excluding carboxylic acids is 1. The Morgan fingerprint density at radius 3 is 2.11 bits per heavy atom. The summed E-state index contributed by atoms with van der Waals surface area (Å²) in [6, 6.07) is 0. The maximum absolute atomic E-state index is 12.6. The maximum atomic E-state index is 12.6. The molecule has 6 nitrogen and oxygen atoms in total. The van der Waals surface area contributed by atoms with Crippen LogP contribution in [-0.2, 0) is 27.9 Å². The van der Waals surface area contributed by atoms with Crippen LogP contribution in [0.3, 0.4) is 0 Å². The van der Waals surface area contributed by atoms with E-state index in [1.807, 2.05) is 0 Å². The third-order valence-electron chi connectivity index (χ3n) is 2.07. The summed E-state index contributed by atoms with van der Waals surface area (Å²) in [5.74, 6) is -2.17. The van der Waals surface area contributed by atoms with E-state index in [-0.39, 0.29) is 19.8 Å². The van der Waals surface area contributed by atoms with E-state index in [0.29, 0.717) is 0 Å². The zero-order valence-corrected chi connectivity index (χ0v) is 12.9. The van der Waals surface area contributed by atoms with E-state index in [9.17, 15) is 9.36 Å². The molecule has 2 atom stereocenters. The fraction of sp³-hybridized carbons (Fsp3) is 0.750. The highest BCUT2D eigenvalue weighted by molar-refractivity contribution is 7.55. The lowest BCUT2D eigenvalue weighted by Crippen LogP contribution is -2.31. The number of ether oxygens (including phenoxy) is 2. The normalized spacial score (nSPS) is 14.7. The Labute approximate surface area is 114 Å². The Balaban J connectivity index is 5.19. The summed E-state index contributed by atoms with van der Waals surface area (Å²) in [7, 11) is -3.73. The molecule has 0 aromatic rings. The van der Waals surface area contributed by atoms with Gasteiger partial charge in [-0.3, -0.25) is 4.57 Å². The molecule has 0 fully saturated rings. The van der Waals surface area contributed by atoms with Crippen LogP contribution in [-0.4, -0.2) is 37.7 Å². The Kier molecular flexibility index (Phi) is 8.93. The summed E-state index contributed by atoms with van der Waals surface area (Å²) in [5.41, 5.74) is 0. The van der Waals surface area contributed by atoms with Gasteiger partial charge < -0.3 is 18.5 Å². The van der Waals surface area contributed by atoms with Crippen molar-refractivity contribution in [2.45, 2.75) is 39.6 Å². The van der Waals surface area contributed by atoms with Crippen LogP contribution >= 0.6 is 7.60 Å². The molecule has 0 radical (unpaired) electrons. The molecule has 0 rings (SSSR count). The summed E-state index contributed by atoms with van der Waals surface area (Å²) >= 11 is 0. The predicted octanol–water partition coefficient (Wildman–Crippen LogP) is 2.73. The highest BCUT2D eigenvalue weighted by Crippen LogP contribution is 2.54. The van der Waals surface area contributed by atoms with Gasteiger partial charge in [-0.25, -0.2) is 4.79 Å². The molecule has 0 aromatic carbocycles. The van der Waals surface area contributed by atoms with Gasteiger partial charge in [-0.15, -0.1) is 6.58 Å². The Bertz CT molecular complexity index is 320. The molecule has 0 aliphatic heterocycles. The van der Waals surface area contributed by atoms with Gasteiger partial charge in [-0.1, -0.05) is 6.08 Å². The number of hydrogen-bond donors (Lipinski definition) is 0. The van der Waals surface area contributed by atoms with E-state index < -0.39 is 25.5 Å². The maximum Gasteiger partial charge on any atom is 0.370 e. The van der Waals surface area contributed by atoms with Gasteiger partial charge in [0.25, 0.3) is 5.85 Å². The molecule has 0 spiro atoms. The van der Waals surface area contributed by atoms with Crippen molar-refractivity contribution in [3.8, 4) is 0 Å². The van der Waals surface area contributed by atoms with Crippen LogP contribution in [0.4, 0.5) is 0 Å². The van der Waals surface area contributed by atoms with Crippen molar-refractivity contribution in [3.63, 3.8) is 0 Å². The molecular formula is C12H23O6P. The highest BCUT2D eigenvalue weighted by atomic mass is 31.2. The predicted molar refractivity (Wildman–Crippen MR) is 72.0 cm³/mol. The van der Waals surface area contributed by atoms with Gasteiger partial charge in [0.2, 0.25) is 0 Å². The van der Waals surface area contributed by atoms with E-state index in [1.54, 1.807) is 27.7 Å². The smallest absolute Gasteiger partial charge is 0.370 e. The Morgan fingerprint density at radius 1 is 1.21 bits per heavy atom. The molecule has 0 saturated heterocycles. The van der Waals surface area contributed by atoms with E-state index in [0.717, 1.165) is 0 Å². The summed E-state index contributed by atoms with van der Waals surface area (Å²) in [6.07, 6.45) is 0.998. The Hall–Kier alpha value is -0.680. The molecule has 0 aliphatic rings. The minimum absolute atomic E-state index is 0.138. The van der Waals surface area contributed by atoms with Crippen molar-refractivity contribution < 1.29 is 27.9 Å². The molecule has 0 N–H and O–H groups in total. The summed E-state index contributed by atoms with van der Waals surface area (Å²) < 4.78 is 33.0. The average molecular weight is 294 g/mol. The first-order valence-electron chi connectivity index (χ1n) is 6.28. The van der Waals surface area contributed by atoms with E-state index in [4.69, 9.17) is 18.5 Å². The van der Waals surface area contributed by atoms with Crippen molar-refractivity contribution in [2.75, 3.05) is 19.8 Å². The van der Waals surface area contributed by atoms with Gasteiger partial charge in [-0.05, 0) is 27.7 Å². The van der Waals surface area contributed by atoms with Gasteiger partial charge in [0.15, 0.2) is 0 Å². The molecule has 19 heavy (non-hydrogen) atoms. The summed E-state index contributed by atoms with van der Waals surface area (Å²) in [5, 5.41) is 0. The molecule has 112 valence electrons. The zero-order valence-electron chi connectivity index (χ0n) is 12.0. The second kappa shape index (κ2) is 9.26. The summed E-state index contributed by atoms with van der Waals surface area (Å²) in [4.78, 5) is 11.9. The molecule has 0 amide bonds. The SMILES string of the molecule is C=C[C@@H](C)O[C@@H](C(=O)OCC)P(=O)(OCC)OCC. The van der Waals surface area contributed by atoms with E-state index in [1.165, 1.54) is 6.08 Å². The quantitative estimate of drug-likeness (QED) is 0.350. The molecule has 0 bridgehead atoms. The van der Waals surface area contributed by atoms with Crippen LogP contribution in [0, 0.1) is 0 Å². The lowest BCUT2D eigenvalue weighted by Gasteiger charge is -2.26. The number of esters is 1. The van der Waals surface area contributed by atoms with Crippen molar-refractivity contribution in [1.29, 1.82) is 0 Å². The molecular weight excluding hydrogens is 271 g/mol. The molecule has 7 heteroatoms. The van der Waals surface area contributed by atoms with E-state index >= 15 is 0 Å². The third kappa shape index (κ3) is 5.87. The lowest BCUT2D eigenvalue weighted by molar-refractivity contribution is -0.153. The second-order valence-corrected chi connectivity index (χ2v) is 5.62. The van der Waals surface area contributed by atoms with Crippen molar-refractivity contribution >= 4 is 13.6 Å². The first-order valence-corrected chi connectivity index (χ1v) is 7.89. The van der Waals surface area contributed by atoms with Crippen LogP contribution in [0.15, 0.2) is 12.7 Å². The van der Waals surface area contributed by atoms with Crippen molar-refractivity contribution in [3.05, 3.63) is 12.7 Å². The zero-order chi connectivity index (χ0) is 14.9. The van der Waals surface area contributed by atoms with Gasteiger partial charge in [-0.2, -0.15) is 0 Å². The van der Waals surface area contributed by atoms with Crippen LogP contribution < -0.4 is 0 Å². The second-order valence-electron chi connectivity index (χ2n) is 3.56. The number of hydrogen-bond acceptors (Lipinski definition) is 6. The first-order chi connectivity index (χ1) is 8.95. The first kappa shape index (κ1) is 18.3. The highest BCUT2D eigenvalue weighted by Gasteiger charge is 2.44. The largest absolute Gasteiger partial charge is 0.464 e. The Morgan fingerprint density at radius 2 is 1.74 bits per heavy atom. The van der Waals surface area contributed by atoms with Crippen LogP contribution in [0.2, 0.25) is 0 Å². The topological polar surface area (TPSA) is 71.1 Å². The van der Waals surface area contributed by atoms with Gasteiger partial charge >= 0.3 is 13.6 Å². The molecule has 0 aliphatic carbocycles. The molecule has 0 saturated carbocycles. The number of rotatable bonds is 10. The van der Waals surface area contributed by atoms with Crippen molar-refractivity contribution in [1.82, 2.24) is 0 Å². The molecule has 0 unspecified atom stereocenters. The standard InChI is InChI=1S/C12H23O6P/c1-6-10(5)18-12(11(13)15-7-2)19(14,16-8-3)17-9-4/h6,10,12H,1,7-9H2,2-5H3/t10-,12-/m1/s1. The number of carbonyl (C=O) groups is 1. The van der Waals surface area contributed by atoms with Gasteiger partial charge in [0, 0.05) is 0 Å². The van der Waals surface area contributed by atoms with Crippen LogP contribution in [0.5, 0.6) is 0 Å². The van der Waals surface area contributed by atoms with E-state index in [2.05, 4.69) is 6.58 Å². The monoisotopic (exact) mass is 294 g/mol. The van der Waals surface area contributed by atoms with Crippen LogP contribution in [0.25, 0.3) is 0 Å². The fourth-order valence-electron chi connectivity index (χ4n) is 1.26. The molecule has 0 aromatic heterocycles. The summed E-state index contributed by atoms with van der Waals surface area (Å²) in [6.45, 7) is 10.6. The third-order valence-corrected chi connectivity index (χ3v) is 4.21. The molecule has 0 heterocycles. The average Bonchev–Trinajstić information content (AvgIpc) is 2.36.